The minimum Gasteiger partial charge on any atom is -0.379 e. The lowest BCUT2D eigenvalue weighted by atomic mass is 10.0. The molecule has 1 aromatic heterocycles. The van der Waals surface area contributed by atoms with Gasteiger partial charge in [-0.2, -0.15) is 0 Å². The first-order valence-corrected chi connectivity index (χ1v) is 7.09. The fraction of sp³-hybridized carbons (Fsp3) is 0.438. The van der Waals surface area contributed by atoms with Crippen LogP contribution in [0.3, 0.4) is 0 Å². The molecule has 1 saturated carbocycles. The summed E-state index contributed by atoms with van der Waals surface area (Å²) in [5.74, 6) is 0.539. The van der Waals surface area contributed by atoms with E-state index in [9.17, 15) is 0 Å². The number of nitrogens with one attached hydrogen (secondary N) is 1. The van der Waals surface area contributed by atoms with Crippen LogP contribution in [0.2, 0.25) is 0 Å². The van der Waals surface area contributed by atoms with Gasteiger partial charge < -0.3 is 9.88 Å². The fourth-order valence-electron chi connectivity index (χ4n) is 2.50. The van der Waals surface area contributed by atoms with E-state index >= 15 is 0 Å². The molecule has 1 heterocycles. The van der Waals surface area contributed by atoms with Crippen molar-refractivity contribution in [2.45, 2.75) is 45.2 Å². The van der Waals surface area contributed by atoms with Crippen LogP contribution in [0.4, 0.5) is 5.69 Å². The third-order valence-electron chi connectivity index (χ3n) is 3.73. The Morgan fingerprint density at radius 1 is 1.32 bits per heavy atom. The summed E-state index contributed by atoms with van der Waals surface area (Å²) in [6.07, 6.45) is 6.53. The van der Waals surface area contributed by atoms with Crippen LogP contribution in [0.1, 0.15) is 49.9 Å². The molecule has 3 rings (SSSR count). The summed E-state index contributed by atoms with van der Waals surface area (Å²) < 4.78 is 2.31. The Kier molecular flexibility index (Phi) is 3.28. The normalized spacial score (nSPS) is 14.9. The van der Waals surface area contributed by atoms with Crippen LogP contribution in [0.5, 0.6) is 0 Å². The zero-order valence-corrected chi connectivity index (χ0v) is 11.6. The summed E-state index contributed by atoms with van der Waals surface area (Å²) in [6, 6.07) is 9.25. The summed E-state index contributed by atoms with van der Waals surface area (Å²) in [6.45, 7) is 5.31. The van der Waals surface area contributed by atoms with Crippen LogP contribution < -0.4 is 5.32 Å². The van der Waals surface area contributed by atoms with Crippen molar-refractivity contribution in [3.8, 4) is 0 Å². The van der Waals surface area contributed by atoms with Gasteiger partial charge in [0, 0.05) is 17.9 Å². The van der Waals surface area contributed by atoms with E-state index in [0.717, 1.165) is 6.54 Å². The molecule has 19 heavy (non-hydrogen) atoms. The molecule has 1 fully saturated rings. The van der Waals surface area contributed by atoms with Gasteiger partial charge in [-0.3, -0.25) is 0 Å². The first-order valence-electron chi connectivity index (χ1n) is 7.09. The van der Waals surface area contributed by atoms with Crippen molar-refractivity contribution in [1.82, 2.24) is 9.55 Å². The average Bonchev–Trinajstić information content (AvgIpc) is 3.15. The molecule has 100 valence electrons. The summed E-state index contributed by atoms with van der Waals surface area (Å²) in [5.41, 5.74) is 3.89. The molecule has 0 atom stereocenters. The summed E-state index contributed by atoms with van der Waals surface area (Å²) in [5, 5.41) is 3.56. The van der Waals surface area contributed by atoms with Gasteiger partial charge in [-0.1, -0.05) is 32.0 Å². The summed E-state index contributed by atoms with van der Waals surface area (Å²) >= 11 is 0. The minimum atomic E-state index is 0.539. The Balaban J connectivity index is 1.73. The fourth-order valence-corrected chi connectivity index (χ4v) is 2.50. The molecular weight excluding hydrogens is 234 g/mol. The van der Waals surface area contributed by atoms with Crippen LogP contribution in [-0.4, -0.2) is 9.55 Å². The van der Waals surface area contributed by atoms with Gasteiger partial charge in [0.2, 0.25) is 0 Å². The van der Waals surface area contributed by atoms with Crippen LogP contribution >= 0.6 is 0 Å². The number of nitrogens with zero attached hydrogens (tertiary/aromatic N) is 2. The molecule has 0 saturated heterocycles. The highest BCUT2D eigenvalue weighted by Gasteiger charge is 2.25. The minimum absolute atomic E-state index is 0.539. The molecule has 1 aliphatic carbocycles. The zero-order chi connectivity index (χ0) is 13.2. The van der Waals surface area contributed by atoms with Crippen LogP contribution in [0.15, 0.2) is 36.8 Å². The first kappa shape index (κ1) is 12.3. The molecule has 0 bridgehead atoms. The van der Waals surface area contributed by atoms with Gasteiger partial charge in [0.05, 0.1) is 18.6 Å². The van der Waals surface area contributed by atoms with Crippen molar-refractivity contribution >= 4 is 5.69 Å². The van der Waals surface area contributed by atoms with E-state index in [2.05, 4.69) is 53.0 Å². The molecule has 3 nitrogen and oxygen atoms in total. The van der Waals surface area contributed by atoms with Gasteiger partial charge >= 0.3 is 0 Å². The predicted molar refractivity (Wildman–Crippen MR) is 78.4 cm³/mol. The van der Waals surface area contributed by atoms with Crippen LogP contribution in [-0.2, 0) is 6.54 Å². The van der Waals surface area contributed by atoms with E-state index in [4.69, 9.17) is 0 Å². The maximum Gasteiger partial charge on any atom is 0.0951 e. The number of hydrogen-bond acceptors (Lipinski definition) is 2. The van der Waals surface area contributed by atoms with E-state index in [1.807, 2.05) is 12.5 Å². The van der Waals surface area contributed by atoms with E-state index in [-0.39, 0.29) is 0 Å². The highest BCUT2D eigenvalue weighted by molar-refractivity contribution is 5.52. The Labute approximate surface area is 114 Å². The summed E-state index contributed by atoms with van der Waals surface area (Å²) in [4.78, 5) is 4.28. The highest BCUT2D eigenvalue weighted by atomic mass is 15.1. The standard InChI is InChI=1S/C16H21N3/c1-12(2)15-5-3-4-6-16(15)18-10-14-9-17-11-19(14)13-7-8-13/h3-6,9,11-13,18H,7-8,10H2,1-2H3. The molecule has 1 aliphatic rings. The number of benzene rings is 1. The van der Waals surface area contributed by atoms with Crippen molar-refractivity contribution in [3.05, 3.63) is 48.0 Å². The van der Waals surface area contributed by atoms with E-state index in [0.29, 0.717) is 12.0 Å². The lowest BCUT2D eigenvalue weighted by molar-refractivity contribution is 0.700. The molecule has 1 aromatic carbocycles. The van der Waals surface area contributed by atoms with Gasteiger partial charge in [0.1, 0.15) is 0 Å². The van der Waals surface area contributed by atoms with Crippen molar-refractivity contribution in [2.24, 2.45) is 0 Å². The predicted octanol–water partition coefficient (Wildman–Crippen LogP) is 3.95. The average molecular weight is 255 g/mol. The molecular formula is C16H21N3. The van der Waals surface area contributed by atoms with Gasteiger partial charge in [-0.05, 0) is 30.4 Å². The molecule has 0 spiro atoms. The smallest absolute Gasteiger partial charge is 0.0951 e. The number of para-hydroxylation sites is 1. The molecule has 2 aromatic rings. The Bertz CT molecular complexity index is 553. The second kappa shape index (κ2) is 5.08. The SMILES string of the molecule is CC(C)c1ccccc1NCc1cncn1C1CC1. The summed E-state index contributed by atoms with van der Waals surface area (Å²) in [7, 11) is 0. The highest BCUT2D eigenvalue weighted by Crippen LogP contribution is 2.35. The van der Waals surface area contributed by atoms with E-state index in [1.165, 1.54) is 29.8 Å². The number of imidazole rings is 1. The number of anilines is 1. The van der Waals surface area contributed by atoms with Crippen molar-refractivity contribution < 1.29 is 0 Å². The lowest BCUT2D eigenvalue weighted by Gasteiger charge is -2.15. The van der Waals surface area contributed by atoms with Gasteiger partial charge in [-0.25, -0.2) is 4.98 Å². The number of hydrogen-bond donors (Lipinski definition) is 1. The van der Waals surface area contributed by atoms with Crippen molar-refractivity contribution in [1.29, 1.82) is 0 Å². The third-order valence-corrected chi connectivity index (χ3v) is 3.73. The lowest BCUT2D eigenvalue weighted by Crippen LogP contribution is -2.07. The topological polar surface area (TPSA) is 29.9 Å². The maximum absolute atomic E-state index is 4.28. The Hall–Kier alpha value is -1.77. The van der Waals surface area contributed by atoms with E-state index < -0.39 is 0 Å². The molecule has 0 radical (unpaired) electrons. The van der Waals surface area contributed by atoms with Crippen molar-refractivity contribution in [2.75, 3.05) is 5.32 Å². The number of rotatable bonds is 5. The van der Waals surface area contributed by atoms with Gasteiger partial charge in [0.15, 0.2) is 0 Å². The second-order valence-corrected chi connectivity index (χ2v) is 5.62. The second-order valence-electron chi connectivity index (χ2n) is 5.62. The van der Waals surface area contributed by atoms with Crippen LogP contribution in [0, 0.1) is 0 Å². The van der Waals surface area contributed by atoms with Crippen LogP contribution in [0.25, 0.3) is 0 Å². The van der Waals surface area contributed by atoms with E-state index in [1.54, 1.807) is 0 Å². The Morgan fingerprint density at radius 3 is 2.84 bits per heavy atom. The molecule has 0 unspecified atom stereocenters. The van der Waals surface area contributed by atoms with Gasteiger partial charge in [-0.15, -0.1) is 0 Å². The zero-order valence-electron chi connectivity index (χ0n) is 11.6. The third kappa shape index (κ3) is 2.65. The molecule has 3 heteroatoms. The first-order chi connectivity index (χ1) is 9.25. The maximum atomic E-state index is 4.28. The monoisotopic (exact) mass is 255 g/mol. The Morgan fingerprint density at radius 2 is 2.11 bits per heavy atom. The van der Waals surface area contributed by atoms with Gasteiger partial charge in [0.25, 0.3) is 0 Å². The molecule has 1 N–H and O–H groups in total. The quantitative estimate of drug-likeness (QED) is 0.876. The van der Waals surface area contributed by atoms with Crippen molar-refractivity contribution in [3.63, 3.8) is 0 Å². The molecule has 0 amide bonds. The number of aromatic nitrogens is 2. The molecule has 0 aliphatic heterocycles. The largest absolute Gasteiger partial charge is 0.379 e.